The van der Waals surface area contributed by atoms with Gasteiger partial charge in [0.2, 0.25) is 0 Å². The van der Waals surface area contributed by atoms with E-state index in [9.17, 15) is 0 Å². The molecular weight excluding hydrogens is 266 g/mol. The summed E-state index contributed by atoms with van der Waals surface area (Å²) in [6.45, 7) is 2.24. The molecule has 1 aromatic heterocycles. The van der Waals surface area contributed by atoms with Crippen LogP contribution >= 0.6 is 11.3 Å². The summed E-state index contributed by atoms with van der Waals surface area (Å²) in [4.78, 5) is 8.76. The first-order valence-corrected chi connectivity index (χ1v) is 9.16. The molecule has 3 aliphatic rings. The molecule has 0 aromatic carbocycles. The molecule has 2 saturated carbocycles. The summed E-state index contributed by atoms with van der Waals surface area (Å²) < 4.78 is 0. The molecule has 0 radical (unpaired) electrons. The summed E-state index contributed by atoms with van der Waals surface area (Å²) in [6, 6.07) is 1.58. The molecule has 3 fully saturated rings. The van der Waals surface area contributed by atoms with Gasteiger partial charge in [-0.05, 0) is 44.4 Å². The molecule has 0 spiro atoms. The molecule has 1 aromatic rings. The van der Waals surface area contributed by atoms with Crippen LogP contribution in [0.2, 0.25) is 0 Å². The largest absolute Gasteiger partial charge is 0.345 e. The lowest BCUT2D eigenvalue weighted by molar-refractivity contribution is 0.430. The van der Waals surface area contributed by atoms with Crippen LogP contribution in [0, 0.1) is 5.92 Å². The number of hydrogen-bond acceptors (Lipinski definition) is 4. The van der Waals surface area contributed by atoms with Gasteiger partial charge in [0.05, 0.1) is 0 Å². The van der Waals surface area contributed by atoms with E-state index < -0.39 is 0 Å². The van der Waals surface area contributed by atoms with Gasteiger partial charge in [-0.1, -0.05) is 12.8 Å². The van der Waals surface area contributed by atoms with Gasteiger partial charge in [0, 0.05) is 36.2 Å². The quantitative estimate of drug-likeness (QED) is 0.899. The minimum atomic E-state index is 0.785. The second kappa shape index (κ2) is 5.64. The molecule has 2 heterocycles. The molecule has 110 valence electrons. The van der Waals surface area contributed by atoms with Crippen LogP contribution in [0.5, 0.6) is 0 Å². The highest BCUT2D eigenvalue weighted by Gasteiger charge is 2.34. The Morgan fingerprint density at radius 1 is 1.15 bits per heavy atom. The maximum Gasteiger partial charge on any atom is 0.185 e. The van der Waals surface area contributed by atoms with Crippen molar-refractivity contribution in [3.8, 4) is 0 Å². The topological polar surface area (TPSA) is 28.2 Å². The molecule has 0 bridgehead atoms. The molecule has 1 aliphatic heterocycles. The van der Waals surface area contributed by atoms with E-state index in [1.165, 1.54) is 67.9 Å². The van der Waals surface area contributed by atoms with Gasteiger partial charge in [-0.2, -0.15) is 0 Å². The molecule has 1 saturated heterocycles. The minimum absolute atomic E-state index is 0.785. The fourth-order valence-corrected chi connectivity index (χ4v) is 4.85. The van der Waals surface area contributed by atoms with Crippen LogP contribution in [0.15, 0.2) is 6.20 Å². The van der Waals surface area contributed by atoms with Crippen molar-refractivity contribution in [1.29, 1.82) is 0 Å². The van der Waals surface area contributed by atoms with Gasteiger partial charge < -0.3 is 10.2 Å². The van der Waals surface area contributed by atoms with Crippen molar-refractivity contribution in [1.82, 2.24) is 10.3 Å². The molecule has 1 atom stereocenters. The standard InChI is InChI=1S/C16H25N3S/c1-2-5-12(4-1)15-6-3-9-19(15)16-18-11-14(20-16)10-17-13-7-8-13/h11-13,15,17H,1-10H2. The predicted octanol–water partition coefficient (Wildman–Crippen LogP) is 3.55. The molecule has 0 amide bonds. The Morgan fingerprint density at radius 3 is 2.80 bits per heavy atom. The zero-order valence-corrected chi connectivity index (χ0v) is 13.0. The van der Waals surface area contributed by atoms with E-state index in [-0.39, 0.29) is 0 Å². The van der Waals surface area contributed by atoms with Crippen LogP contribution in [0.3, 0.4) is 0 Å². The average molecular weight is 291 g/mol. The lowest BCUT2D eigenvalue weighted by atomic mass is 9.96. The summed E-state index contributed by atoms with van der Waals surface area (Å²) in [5.41, 5.74) is 0. The van der Waals surface area contributed by atoms with Gasteiger partial charge in [0.1, 0.15) is 0 Å². The number of thiazole rings is 1. The average Bonchev–Trinajstić information content (AvgIpc) is 2.95. The lowest BCUT2D eigenvalue weighted by Gasteiger charge is -2.29. The number of nitrogens with zero attached hydrogens (tertiary/aromatic N) is 2. The number of hydrogen-bond donors (Lipinski definition) is 1. The smallest absolute Gasteiger partial charge is 0.185 e. The fraction of sp³-hybridized carbons (Fsp3) is 0.812. The Balaban J connectivity index is 1.42. The molecule has 4 rings (SSSR count). The highest BCUT2D eigenvalue weighted by atomic mass is 32.1. The van der Waals surface area contributed by atoms with Crippen LogP contribution in [0.1, 0.15) is 56.2 Å². The highest BCUT2D eigenvalue weighted by Crippen LogP contribution is 2.39. The highest BCUT2D eigenvalue weighted by molar-refractivity contribution is 7.15. The van der Waals surface area contributed by atoms with Crippen molar-refractivity contribution < 1.29 is 0 Å². The first kappa shape index (κ1) is 13.1. The zero-order valence-electron chi connectivity index (χ0n) is 12.2. The van der Waals surface area contributed by atoms with Crippen LogP contribution in [-0.2, 0) is 6.54 Å². The molecule has 3 nitrogen and oxygen atoms in total. The van der Waals surface area contributed by atoms with Gasteiger partial charge in [0.15, 0.2) is 5.13 Å². The van der Waals surface area contributed by atoms with Crippen molar-refractivity contribution in [2.75, 3.05) is 11.4 Å². The predicted molar refractivity (Wildman–Crippen MR) is 84.3 cm³/mol. The van der Waals surface area contributed by atoms with E-state index in [4.69, 9.17) is 4.98 Å². The SMILES string of the molecule is c1nc(N2CCCC2C2CCCC2)sc1CNC1CC1. The van der Waals surface area contributed by atoms with E-state index in [1.54, 1.807) is 0 Å². The molecule has 1 N–H and O–H groups in total. The van der Waals surface area contributed by atoms with Crippen LogP contribution in [-0.4, -0.2) is 23.6 Å². The Morgan fingerprint density at radius 2 is 2.00 bits per heavy atom. The van der Waals surface area contributed by atoms with Gasteiger partial charge >= 0.3 is 0 Å². The molecule has 20 heavy (non-hydrogen) atoms. The normalized spacial score (nSPS) is 27.6. The van der Waals surface area contributed by atoms with Crippen LogP contribution in [0.4, 0.5) is 5.13 Å². The van der Waals surface area contributed by atoms with E-state index in [1.807, 2.05) is 11.3 Å². The lowest BCUT2D eigenvalue weighted by Crippen LogP contribution is -2.34. The van der Waals surface area contributed by atoms with E-state index in [0.717, 1.165) is 24.5 Å². The minimum Gasteiger partial charge on any atom is -0.345 e. The van der Waals surface area contributed by atoms with E-state index in [0.29, 0.717) is 0 Å². The van der Waals surface area contributed by atoms with Crippen molar-refractivity contribution in [2.45, 2.75) is 70.0 Å². The molecule has 4 heteroatoms. The fourth-order valence-electron chi connectivity index (χ4n) is 3.91. The second-order valence-electron chi connectivity index (χ2n) is 6.71. The first-order valence-electron chi connectivity index (χ1n) is 8.35. The third kappa shape index (κ3) is 2.73. The van der Waals surface area contributed by atoms with E-state index >= 15 is 0 Å². The van der Waals surface area contributed by atoms with Gasteiger partial charge in [0.25, 0.3) is 0 Å². The van der Waals surface area contributed by atoms with E-state index in [2.05, 4.69) is 16.4 Å². The monoisotopic (exact) mass is 291 g/mol. The Kier molecular flexibility index (Phi) is 3.69. The maximum absolute atomic E-state index is 4.72. The Bertz CT molecular complexity index is 448. The Labute approximate surface area is 125 Å². The van der Waals surface area contributed by atoms with Crippen molar-refractivity contribution in [3.63, 3.8) is 0 Å². The van der Waals surface area contributed by atoms with Crippen LogP contribution < -0.4 is 10.2 Å². The molecular formula is C16H25N3S. The zero-order chi connectivity index (χ0) is 13.4. The number of nitrogens with one attached hydrogen (secondary N) is 1. The summed E-state index contributed by atoms with van der Waals surface area (Å²) in [6.07, 6.45) is 13.4. The molecule has 1 unspecified atom stereocenters. The second-order valence-corrected chi connectivity index (χ2v) is 7.81. The van der Waals surface area contributed by atoms with Crippen molar-refractivity contribution in [3.05, 3.63) is 11.1 Å². The van der Waals surface area contributed by atoms with Crippen molar-refractivity contribution >= 4 is 16.5 Å². The summed E-state index contributed by atoms with van der Waals surface area (Å²) in [7, 11) is 0. The Hall–Kier alpha value is -0.610. The van der Waals surface area contributed by atoms with Gasteiger partial charge in [-0.3, -0.25) is 0 Å². The maximum atomic E-state index is 4.72. The van der Waals surface area contributed by atoms with Crippen LogP contribution in [0.25, 0.3) is 0 Å². The van der Waals surface area contributed by atoms with Crippen molar-refractivity contribution in [2.24, 2.45) is 5.92 Å². The van der Waals surface area contributed by atoms with Gasteiger partial charge in [-0.15, -0.1) is 11.3 Å². The third-order valence-electron chi connectivity index (χ3n) is 5.17. The number of aromatic nitrogens is 1. The first-order chi connectivity index (χ1) is 9.90. The van der Waals surface area contributed by atoms with Gasteiger partial charge in [-0.25, -0.2) is 4.98 Å². The third-order valence-corrected chi connectivity index (χ3v) is 6.21. The molecule has 2 aliphatic carbocycles. The summed E-state index contributed by atoms with van der Waals surface area (Å²) in [5, 5.41) is 4.88. The summed E-state index contributed by atoms with van der Waals surface area (Å²) >= 11 is 1.91. The number of anilines is 1. The summed E-state index contributed by atoms with van der Waals surface area (Å²) in [5.74, 6) is 0.939. The number of rotatable bonds is 5.